The molecule has 0 aliphatic carbocycles. The number of halogens is 2. The van der Waals surface area contributed by atoms with Gasteiger partial charge in [0.15, 0.2) is 0 Å². The topological polar surface area (TPSA) is 79.3 Å². The number of benzene rings is 1. The Morgan fingerprint density at radius 1 is 1.20 bits per heavy atom. The van der Waals surface area contributed by atoms with Crippen molar-refractivity contribution in [2.45, 2.75) is 32.6 Å². The standard InChI is InChI=1S/C18H19ClN2O3.ClH/c1-2-3-4-5-12-6-9-16(20-11-12)17(22)21-13-7-8-14(18(23)24)15(19)10-13;/h6-11H,2-5H2,1H3,(H,21,22)(H,23,24);1H. The second-order valence-corrected chi connectivity index (χ2v) is 5.87. The summed E-state index contributed by atoms with van der Waals surface area (Å²) in [7, 11) is 0. The molecule has 0 unspecified atom stereocenters. The summed E-state index contributed by atoms with van der Waals surface area (Å²) in [6.07, 6.45) is 6.12. The van der Waals surface area contributed by atoms with Crippen molar-refractivity contribution in [3.8, 4) is 0 Å². The number of carbonyl (C=O) groups excluding carboxylic acids is 1. The lowest BCUT2D eigenvalue weighted by Gasteiger charge is -2.07. The van der Waals surface area contributed by atoms with Crippen LogP contribution in [0.2, 0.25) is 5.02 Å². The van der Waals surface area contributed by atoms with E-state index < -0.39 is 5.97 Å². The van der Waals surface area contributed by atoms with Gasteiger partial charge in [-0.1, -0.05) is 37.4 Å². The zero-order valence-corrected chi connectivity index (χ0v) is 15.4. The van der Waals surface area contributed by atoms with Crippen molar-refractivity contribution in [3.63, 3.8) is 0 Å². The molecular formula is C18H20Cl2N2O3. The van der Waals surface area contributed by atoms with Crippen LogP contribution in [0.15, 0.2) is 36.5 Å². The molecule has 7 heteroatoms. The maximum absolute atomic E-state index is 12.2. The third kappa shape index (κ3) is 6.03. The fraction of sp³-hybridized carbons (Fsp3) is 0.278. The zero-order chi connectivity index (χ0) is 17.5. The third-order valence-corrected chi connectivity index (χ3v) is 3.90. The Morgan fingerprint density at radius 3 is 2.52 bits per heavy atom. The van der Waals surface area contributed by atoms with Gasteiger partial charge in [0, 0.05) is 11.9 Å². The lowest BCUT2D eigenvalue weighted by Crippen LogP contribution is -2.14. The first kappa shape index (κ1) is 20.9. The molecule has 2 N–H and O–H groups in total. The van der Waals surface area contributed by atoms with Crippen LogP contribution in [-0.4, -0.2) is 22.0 Å². The van der Waals surface area contributed by atoms with E-state index in [1.54, 1.807) is 12.3 Å². The van der Waals surface area contributed by atoms with E-state index >= 15 is 0 Å². The van der Waals surface area contributed by atoms with Gasteiger partial charge < -0.3 is 10.4 Å². The highest BCUT2D eigenvalue weighted by Gasteiger charge is 2.12. The van der Waals surface area contributed by atoms with Crippen molar-refractivity contribution in [1.29, 1.82) is 0 Å². The van der Waals surface area contributed by atoms with E-state index in [0.29, 0.717) is 11.4 Å². The Kier molecular flexibility index (Phi) is 8.38. The van der Waals surface area contributed by atoms with E-state index in [2.05, 4.69) is 17.2 Å². The zero-order valence-electron chi connectivity index (χ0n) is 13.8. The highest BCUT2D eigenvalue weighted by Crippen LogP contribution is 2.21. The lowest BCUT2D eigenvalue weighted by molar-refractivity contribution is 0.0697. The number of carboxylic acid groups (broad SMARTS) is 1. The van der Waals surface area contributed by atoms with E-state index in [0.717, 1.165) is 24.8 Å². The van der Waals surface area contributed by atoms with Crippen molar-refractivity contribution >= 4 is 41.6 Å². The molecule has 134 valence electrons. The molecule has 2 aromatic rings. The molecule has 1 aromatic heterocycles. The van der Waals surface area contributed by atoms with Crippen molar-refractivity contribution in [1.82, 2.24) is 4.98 Å². The molecule has 1 amide bonds. The number of aryl methyl sites for hydroxylation is 1. The van der Waals surface area contributed by atoms with Crippen LogP contribution >= 0.6 is 24.0 Å². The van der Waals surface area contributed by atoms with Crippen molar-refractivity contribution < 1.29 is 14.7 Å². The predicted octanol–water partition coefficient (Wildman–Crippen LogP) is 4.84. The van der Waals surface area contributed by atoms with Crippen LogP contribution in [-0.2, 0) is 6.42 Å². The number of hydrogen-bond donors (Lipinski definition) is 2. The van der Waals surface area contributed by atoms with Gasteiger partial charge in [0.25, 0.3) is 5.91 Å². The van der Waals surface area contributed by atoms with Gasteiger partial charge in [0.1, 0.15) is 5.69 Å². The first-order valence-electron chi connectivity index (χ1n) is 7.80. The van der Waals surface area contributed by atoms with Crippen LogP contribution in [0.25, 0.3) is 0 Å². The van der Waals surface area contributed by atoms with E-state index in [9.17, 15) is 9.59 Å². The predicted molar refractivity (Wildman–Crippen MR) is 101 cm³/mol. The molecule has 1 aromatic carbocycles. The van der Waals surface area contributed by atoms with Gasteiger partial charge in [-0.3, -0.25) is 9.78 Å². The number of nitrogens with zero attached hydrogens (tertiary/aromatic N) is 1. The number of aromatic carboxylic acids is 1. The Morgan fingerprint density at radius 2 is 1.96 bits per heavy atom. The number of nitrogens with one attached hydrogen (secondary N) is 1. The summed E-state index contributed by atoms with van der Waals surface area (Å²) in [6.45, 7) is 2.15. The Balaban J connectivity index is 0.00000312. The number of rotatable bonds is 7. The number of carboxylic acids is 1. The molecule has 5 nitrogen and oxygen atoms in total. The summed E-state index contributed by atoms with van der Waals surface area (Å²) in [5.74, 6) is -1.48. The van der Waals surface area contributed by atoms with Crippen LogP contribution in [0.3, 0.4) is 0 Å². The molecule has 2 rings (SSSR count). The minimum absolute atomic E-state index is 0. The summed E-state index contributed by atoms with van der Waals surface area (Å²) in [4.78, 5) is 27.3. The summed E-state index contributed by atoms with van der Waals surface area (Å²) in [5.41, 5.74) is 1.81. The summed E-state index contributed by atoms with van der Waals surface area (Å²) in [6, 6.07) is 7.83. The number of aromatic nitrogens is 1. The SMILES string of the molecule is CCCCCc1ccc(C(=O)Nc2ccc(C(=O)O)c(Cl)c2)nc1.Cl. The van der Waals surface area contributed by atoms with Crippen LogP contribution in [0, 0.1) is 0 Å². The monoisotopic (exact) mass is 382 g/mol. The summed E-state index contributed by atoms with van der Waals surface area (Å²) < 4.78 is 0. The molecule has 25 heavy (non-hydrogen) atoms. The van der Waals surface area contributed by atoms with Gasteiger partial charge in [-0.05, 0) is 42.7 Å². The summed E-state index contributed by atoms with van der Waals surface area (Å²) in [5, 5.41) is 11.7. The fourth-order valence-corrected chi connectivity index (χ4v) is 2.51. The van der Waals surface area contributed by atoms with Gasteiger partial charge >= 0.3 is 5.97 Å². The van der Waals surface area contributed by atoms with Crippen LogP contribution in [0.5, 0.6) is 0 Å². The molecule has 0 fully saturated rings. The van der Waals surface area contributed by atoms with E-state index in [1.807, 2.05) is 6.07 Å². The Hall–Kier alpha value is -2.11. The quantitative estimate of drug-likeness (QED) is 0.671. The second kappa shape index (κ2) is 10.0. The first-order valence-corrected chi connectivity index (χ1v) is 8.18. The molecule has 0 atom stereocenters. The molecular weight excluding hydrogens is 363 g/mol. The molecule has 0 spiro atoms. The maximum Gasteiger partial charge on any atom is 0.337 e. The number of amides is 1. The van der Waals surface area contributed by atoms with Gasteiger partial charge in [-0.15, -0.1) is 12.4 Å². The molecule has 0 saturated carbocycles. The van der Waals surface area contributed by atoms with Crippen LogP contribution in [0.4, 0.5) is 5.69 Å². The number of unbranched alkanes of at least 4 members (excludes halogenated alkanes) is 2. The number of carbonyl (C=O) groups is 2. The molecule has 0 bridgehead atoms. The normalized spacial score (nSPS) is 10.0. The molecule has 0 aliphatic rings. The Bertz CT molecular complexity index is 734. The van der Waals surface area contributed by atoms with Gasteiger partial charge in [-0.2, -0.15) is 0 Å². The van der Waals surface area contributed by atoms with Crippen molar-refractivity contribution in [3.05, 3.63) is 58.4 Å². The van der Waals surface area contributed by atoms with E-state index in [4.69, 9.17) is 16.7 Å². The van der Waals surface area contributed by atoms with Crippen molar-refractivity contribution in [2.75, 3.05) is 5.32 Å². The fourth-order valence-electron chi connectivity index (χ4n) is 2.25. The third-order valence-electron chi connectivity index (χ3n) is 3.58. The van der Waals surface area contributed by atoms with Crippen molar-refractivity contribution in [2.24, 2.45) is 0 Å². The molecule has 0 saturated heterocycles. The maximum atomic E-state index is 12.2. The van der Waals surface area contributed by atoms with E-state index in [-0.39, 0.29) is 28.9 Å². The lowest BCUT2D eigenvalue weighted by atomic mass is 10.1. The second-order valence-electron chi connectivity index (χ2n) is 5.46. The number of anilines is 1. The van der Waals surface area contributed by atoms with Gasteiger partial charge in [0.05, 0.1) is 10.6 Å². The largest absolute Gasteiger partial charge is 0.478 e. The van der Waals surface area contributed by atoms with Gasteiger partial charge in [-0.25, -0.2) is 4.79 Å². The van der Waals surface area contributed by atoms with Crippen LogP contribution in [0.1, 0.15) is 52.6 Å². The van der Waals surface area contributed by atoms with Gasteiger partial charge in [0.2, 0.25) is 0 Å². The number of hydrogen-bond acceptors (Lipinski definition) is 3. The van der Waals surface area contributed by atoms with E-state index in [1.165, 1.54) is 24.6 Å². The number of pyridine rings is 1. The molecule has 1 heterocycles. The average Bonchev–Trinajstić information content (AvgIpc) is 2.55. The smallest absolute Gasteiger partial charge is 0.337 e. The average molecular weight is 383 g/mol. The summed E-state index contributed by atoms with van der Waals surface area (Å²) >= 11 is 5.89. The van der Waals surface area contributed by atoms with Crippen LogP contribution < -0.4 is 5.32 Å². The highest BCUT2D eigenvalue weighted by molar-refractivity contribution is 6.33. The minimum atomic E-state index is -1.11. The minimum Gasteiger partial charge on any atom is -0.478 e. The highest BCUT2D eigenvalue weighted by atomic mass is 35.5. The Labute approximate surface area is 157 Å². The molecule has 0 aliphatic heterocycles. The first-order chi connectivity index (χ1) is 11.5. The molecule has 0 radical (unpaired) electrons.